The van der Waals surface area contributed by atoms with Crippen LogP contribution in [0.4, 0.5) is 0 Å². The number of hydrogen-bond donors (Lipinski definition) is 0. The van der Waals surface area contributed by atoms with Crippen molar-refractivity contribution in [1.82, 2.24) is 14.6 Å². The Balaban J connectivity index is 1.86. The molecule has 0 unspecified atom stereocenters. The van der Waals surface area contributed by atoms with E-state index in [9.17, 15) is 0 Å². The van der Waals surface area contributed by atoms with Crippen LogP contribution >= 0.6 is 0 Å². The molecular formula is C13H15N3O. The molecule has 2 aliphatic rings. The molecule has 88 valence electrons. The third-order valence-corrected chi connectivity index (χ3v) is 3.44. The summed E-state index contributed by atoms with van der Waals surface area (Å²) in [7, 11) is 0. The number of nitrogens with zero attached hydrogens (tertiary/aromatic N) is 3. The van der Waals surface area contributed by atoms with Gasteiger partial charge in [-0.05, 0) is 32.6 Å². The third kappa shape index (κ3) is 1.59. The van der Waals surface area contributed by atoms with E-state index in [1.807, 2.05) is 23.7 Å². The second kappa shape index (κ2) is 3.22. The zero-order chi connectivity index (χ0) is 11.4. The third-order valence-electron chi connectivity index (χ3n) is 3.44. The van der Waals surface area contributed by atoms with Crippen molar-refractivity contribution in [1.29, 1.82) is 0 Å². The Labute approximate surface area is 99.6 Å². The zero-order valence-electron chi connectivity index (χ0n) is 9.89. The van der Waals surface area contributed by atoms with Crippen molar-refractivity contribution in [2.45, 2.75) is 44.6 Å². The predicted octanol–water partition coefficient (Wildman–Crippen LogP) is 2.46. The van der Waals surface area contributed by atoms with Gasteiger partial charge in [0.25, 0.3) is 0 Å². The normalized spacial score (nSPS) is 19.8. The van der Waals surface area contributed by atoms with Gasteiger partial charge in [0, 0.05) is 12.0 Å². The molecule has 0 amide bonds. The van der Waals surface area contributed by atoms with E-state index in [1.54, 1.807) is 0 Å². The van der Waals surface area contributed by atoms with Crippen LogP contribution in [0.2, 0.25) is 0 Å². The molecule has 2 heterocycles. The maximum absolute atomic E-state index is 5.96. The van der Waals surface area contributed by atoms with E-state index >= 15 is 0 Å². The Morgan fingerprint density at radius 1 is 1.29 bits per heavy atom. The number of fused-ring (bicyclic) bond motifs is 1. The fourth-order valence-electron chi connectivity index (χ4n) is 2.13. The highest BCUT2D eigenvalue weighted by Gasteiger charge is 2.32. The summed E-state index contributed by atoms with van der Waals surface area (Å²) in [5.41, 5.74) is 3.10. The lowest BCUT2D eigenvalue weighted by Crippen LogP contribution is -2.05. The highest BCUT2D eigenvalue weighted by atomic mass is 16.5. The van der Waals surface area contributed by atoms with Crippen LogP contribution in [0.5, 0.6) is 5.75 Å². The molecule has 2 aromatic heterocycles. The second-order valence-corrected chi connectivity index (χ2v) is 5.15. The summed E-state index contributed by atoms with van der Waals surface area (Å²) < 4.78 is 7.88. The Morgan fingerprint density at radius 2 is 2.12 bits per heavy atom. The van der Waals surface area contributed by atoms with Crippen LogP contribution in [-0.4, -0.2) is 20.7 Å². The molecule has 4 nitrogen and oxygen atoms in total. The van der Waals surface area contributed by atoms with Crippen molar-refractivity contribution >= 4 is 5.65 Å². The van der Waals surface area contributed by atoms with E-state index in [4.69, 9.17) is 9.84 Å². The SMILES string of the molecule is Cc1cnc2cc(OC3CC3)c(C3CC3)nn12. The first-order valence-corrected chi connectivity index (χ1v) is 6.33. The predicted molar refractivity (Wildman–Crippen MR) is 63.3 cm³/mol. The average Bonchev–Trinajstić information content (AvgIpc) is 3.20. The quantitative estimate of drug-likeness (QED) is 0.811. The first kappa shape index (κ1) is 9.45. The summed E-state index contributed by atoms with van der Waals surface area (Å²) in [6.45, 7) is 2.03. The molecule has 0 atom stereocenters. The van der Waals surface area contributed by atoms with Crippen molar-refractivity contribution in [3.63, 3.8) is 0 Å². The molecule has 2 saturated carbocycles. The van der Waals surface area contributed by atoms with Crippen molar-refractivity contribution in [3.8, 4) is 5.75 Å². The van der Waals surface area contributed by atoms with E-state index < -0.39 is 0 Å². The lowest BCUT2D eigenvalue weighted by molar-refractivity contribution is 0.297. The van der Waals surface area contributed by atoms with Crippen LogP contribution in [0.3, 0.4) is 0 Å². The van der Waals surface area contributed by atoms with E-state index in [1.165, 1.54) is 25.7 Å². The van der Waals surface area contributed by atoms with Gasteiger partial charge < -0.3 is 4.74 Å². The molecule has 2 aliphatic carbocycles. The number of hydrogen-bond acceptors (Lipinski definition) is 3. The minimum Gasteiger partial charge on any atom is -0.488 e. The van der Waals surface area contributed by atoms with Gasteiger partial charge >= 0.3 is 0 Å². The molecule has 0 saturated heterocycles. The molecule has 2 fully saturated rings. The van der Waals surface area contributed by atoms with Crippen LogP contribution in [0.25, 0.3) is 5.65 Å². The molecule has 4 heteroatoms. The fourth-order valence-corrected chi connectivity index (χ4v) is 2.13. The highest BCUT2D eigenvalue weighted by Crippen LogP contribution is 2.44. The Hall–Kier alpha value is -1.58. The number of ether oxygens (including phenoxy) is 1. The van der Waals surface area contributed by atoms with Gasteiger partial charge in [-0.1, -0.05) is 0 Å². The molecule has 0 N–H and O–H groups in total. The zero-order valence-corrected chi connectivity index (χ0v) is 9.89. The first-order valence-electron chi connectivity index (χ1n) is 6.33. The van der Waals surface area contributed by atoms with Crippen LogP contribution in [0.15, 0.2) is 12.3 Å². The molecule has 0 spiro atoms. The largest absolute Gasteiger partial charge is 0.488 e. The van der Waals surface area contributed by atoms with Crippen LogP contribution in [0.1, 0.15) is 43.0 Å². The van der Waals surface area contributed by atoms with E-state index in [0.29, 0.717) is 12.0 Å². The minimum absolute atomic E-state index is 0.424. The molecular weight excluding hydrogens is 214 g/mol. The molecule has 0 radical (unpaired) electrons. The lowest BCUT2D eigenvalue weighted by Gasteiger charge is -2.10. The number of rotatable bonds is 3. The number of aromatic nitrogens is 3. The Bertz CT molecular complexity index is 582. The summed E-state index contributed by atoms with van der Waals surface area (Å²) in [4.78, 5) is 4.35. The van der Waals surface area contributed by atoms with E-state index in [0.717, 1.165) is 22.8 Å². The Morgan fingerprint density at radius 3 is 2.82 bits per heavy atom. The maximum atomic E-state index is 5.96. The molecule has 0 aromatic carbocycles. The summed E-state index contributed by atoms with van der Waals surface area (Å²) >= 11 is 0. The number of aryl methyl sites for hydroxylation is 1. The minimum atomic E-state index is 0.424. The van der Waals surface area contributed by atoms with Gasteiger partial charge in [-0.2, -0.15) is 5.10 Å². The highest BCUT2D eigenvalue weighted by molar-refractivity contribution is 5.48. The topological polar surface area (TPSA) is 39.4 Å². The lowest BCUT2D eigenvalue weighted by atomic mass is 10.2. The van der Waals surface area contributed by atoms with Gasteiger partial charge in [-0.3, -0.25) is 0 Å². The van der Waals surface area contributed by atoms with Crippen LogP contribution in [-0.2, 0) is 0 Å². The van der Waals surface area contributed by atoms with Crippen molar-refractivity contribution in [2.24, 2.45) is 0 Å². The van der Waals surface area contributed by atoms with Gasteiger partial charge in [0.2, 0.25) is 0 Å². The van der Waals surface area contributed by atoms with Crippen LogP contribution < -0.4 is 4.74 Å². The van der Waals surface area contributed by atoms with Gasteiger partial charge in [-0.15, -0.1) is 0 Å². The first-order chi connectivity index (χ1) is 8.31. The monoisotopic (exact) mass is 229 g/mol. The molecule has 0 aliphatic heterocycles. The number of imidazole rings is 1. The van der Waals surface area contributed by atoms with Crippen molar-refractivity contribution < 1.29 is 4.74 Å². The van der Waals surface area contributed by atoms with Crippen LogP contribution in [0, 0.1) is 6.92 Å². The smallest absolute Gasteiger partial charge is 0.157 e. The molecule has 0 bridgehead atoms. The van der Waals surface area contributed by atoms with Gasteiger partial charge in [0.05, 0.1) is 18.0 Å². The summed E-state index contributed by atoms with van der Waals surface area (Å²) in [6, 6.07) is 2.05. The maximum Gasteiger partial charge on any atom is 0.157 e. The Kier molecular flexibility index (Phi) is 1.79. The second-order valence-electron chi connectivity index (χ2n) is 5.15. The van der Waals surface area contributed by atoms with Gasteiger partial charge in [0.15, 0.2) is 5.65 Å². The van der Waals surface area contributed by atoms with Gasteiger partial charge in [-0.25, -0.2) is 9.50 Å². The standard InChI is InChI=1S/C13H15N3O/c1-8-7-14-12-6-11(17-10-4-5-10)13(9-2-3-9)15-16(8)12/h6-7,9-10H,2-5H2,1H3. The van der Waals surface area contributed by atoms with Gasteiger partial charge in [0.1, 0.15) is 11.4 Å². The summed E-state index contributed by atoms with van der Waals surface area (Å²) in [6.07, 6.45) is 7.14. The molecule has 17 heavy (non-hydrogen) atoms. The molecule has 4 rings (SSSR count). The van der Waals surface area contributed by atoms with Crippen molar-refractivity contribution in [2.75, 3.05) is 0 Å². The van der Waals surface area contributed by atoms with E-state index in [-0.39, 0.29) is 0 Å². The molecule has 2 aromatic rings. The van der Waals surface area contributed by atoms with Crippen molar-refractivity contribution in [3.05, 3.63) is 23.7 Å². The average molecular weight is 229 g/mol. The summed E-state index contributed by atoms with van der Waals surface area (Å²) in [5, 5.41) is 4.71. The summed E-state index contributed by atoms with van der Waals surface area (Å²) in [5.74, 6) is 1.57. The fraction of sp³-hybridized carbons (Fsp3) is 0.538. The van der Waals surface area contributed by atoms with E-state index in [2.05, 4.69) is 4.98 Å².